The van der Waals surface area contributed by atoms with Gasteiger partial charge in [0.05, 0.1) is 6.67 Å². The Kier molecular flexibility index (Phi) is 1.16. The highest BCUT2D eigenvalue weighted by Crippen LogP contribution is 2.51. The lowest BCUT2D eigenvalue weighted by molar-refractivity contribution is 0.0687. The summed E-state index contributed by atoms with van der Waals surface area (Å²) in [5, 5.41) is 0. The van der Waals surface area contributed by atoms with E-state index in [9.17, 15) is 0 Å². The van der Waals surface area contributed by atoms with Gasteiger partial charge in [0.25, 0.3) is 0 Å². The highest BCUT2D eigenvalue weighted by atomic mass is 15.4. The summed E-state index contributed by atoms with van der Waals surface area (Å²) in [5.74, 6) is 2.22. The van der Waals surface area contributed by atoms with Crippen LogP contribution in [0.4, 0.5) is 0 Å². The van der Waals surface area contributed by atoms with Crippen LogP contribution >= 0.6 is 0 Å². The SMILES string of the molecule is CN1CCC2C3CC3CN2C1. The van der Waals surface area contributed by atoms with Crippen molar-refractivity contribution in [2.75, 3.05) is 26.8 Å². The van der Waals surface area contributed by atoms with Gasteiger partial charge in [-0.2, -0.15) is 0 Å². The molecule has 1 saturated carbocycles. The van der Waals surface area contributed by atoms with Crippen molar-refractivity contribution >= 4 is 0 Å². The Bertz CT molecular complexity index is 180. The van der Waals surface area contributed by atoms with E-state index in [0.717, 1.165) is 17.9 Å². The van der Waals surface area contributed by atoms with Crippen molar-refractivity contribution in [3.8, 4) is 0 Å². The van der Waals surface area contributed by atoms with Crippen LogP contribution in [0.5, 0.6) is 0 Å². The van der Waals surface area contributed by atoms with E-state index < -0.39 is 0 Å². The topological polar surface area (TPSA) is 6.48 Å². The number of rotatable bonds is 0. The van der Waals surface area contributed by atoms with Gasteiger partial charge >= 0.3 is 0 Å². The fourth-order valence-corrected chi connectivity index (χ4v) is 2.95. The third-order valence-corrected chi connectivity index (χ3v) is 3.64. The summed E-state index contributed by atoms with van der Waals surface area (Å²) in [4.78, 5) is 5.13. The molecular formula is C9H16N2. The first-order valence-electron chi connectivity index (χ1n) is 4.77. The molecule has 3 aliphatic rings. The number of hydrogen-bond acceptors (Lipinski definition) is 2. The second-order valence-electron chi connectivity index (χ2n) is 4.51. The van der Waals surface area contributed by atoms with Crippen molar-refractivity contribution in [1.29, 1.82) is 0 Å². The molecule has 62 valence electrons. The summed E-state index contributed by atoms with van der Waals surface area (Å²) in [6.45, 7) is 3.96. The summed E-state index contributed by atoms with van der Waals surface area (Å²) in [5.41, 5.74) is 0. The minimum absolute atomic E-state index is 0.983. The molecule has 0 spiro atoms. The van der Waals surface area contributed by atoms with Gasteiger partial charge in [0, 0.05) is 19.1 Å². The lowest BCUT2D eigenvalue weighted by Crippen LogP contribution is -2.47. The van der Waals surface area contributed by atoms with E-state index >= 15 is 0 Å². The van der Waals surface area contributed by atoms with Crippen molar-refractivity contribution in [3.63, 3.8) is 0 Å². The lowest BCUT2D eigenvalue weighted by Gasteiger charge is -2.37. The van der Waals surface area contributed by atoms with Crippen LogP contribution in [0, 0.1) is 11.8 Å². The Hall–Kier alpha value is -0.0800. The minimum Gasteiger partial charge on any atom is -0.293 e. The third kappa shape index (κ3) is 0.859. The molecule has 3 atom stereocenters. The molecule has 0 aromatic heterocycles. The molecule has 11 heavy (non-hydrogen) atoms. The molecule has 2 heterocycles. The second-order valence-corrected chi connectivity index (χ2v) is 4.51. The van der Waals surface area contributed by atoms with E-state index in [1.54, 1.807) is 6.42 Å². The molecule has 1 aliphatic carbocycles. The summed E-state index contributed by atoms with van der Waals surface area (Å²) in [6.07, 6.45) is 2.97. The molecule has 0 N–H and O–H groups in total. The van der Waals surface area contributed by atoms with Crippen molar-refractivity contribution in [2.24, 2.45) is 11.8 Å². The average molecular weight is 152 g/mol. The van der Waals surface area contributed by atoms with Crippen LogP contribution in [0.25, 0.3) is 0 Å². The number of fused-ring (bicyclic) bond motifs is 3. The first-order valence-corrected chi connectivity index (χ1v) is 4.77. The molecule has 3 unspecified atom stereocenters. The van der Waals surface area contributed by atoms with Gasteiger partial charge in [-0.1, -0.05) is 0 Å². The molecule has 2 heteroatoms. The smallest absolute Gasteiger partial charge is 0.0506 e. The van der Waals surface area contributed by atoms with Crippen LogP contribution in [-0.2, 0) is 0 Å². The molecule has 2 aliphatic heterocycles. The summed E-state index contributed by atoms with van der Waals surface area (Å²) < 4.78 is 0. The van der Waals surface area contributed by atoms with E-state index in [1.807, 2.05) is 0 Å². The van der Waals surface area contributed by atoms with Crippen molar-refractivity contribution in [2.45, 2.75) is 18.9 Å². The highest BCUT2D eigenvalue weighted by molar-refractivity contribution is 5.05. The van der Waals surface area contributed by atoms with Crippen LogP contribution < -0.4 is 0 Å². The average Bonchev–Trinajstić information content (AvgIpc) is 2.63. The molecule has 0 amide bonds. The zero-order chi connectivity index (χ0) is 7.42. The maximum absolute atomic E-state index is 2.68. The quantitative estimate of drug-likeness (QED) is 0.501. The standard InChI is InChI=1S/C9H16N2/c1-10-3-2-9-8-4-7(8)5-11(9)6-10/h7-9H,2-6H2,1H3. The monoisotopic (exact) mass is 152 g/mol. The zero-order valence-corrected chi connectivity index (χ0v) is 7.16. The first-order chi connectivity index (χ1) is 5.34. The van der Waals surface area contributed by atoms with Gasteiger partial charge in [-0.25, -0.2) is 0 Å². The molecule has 0 radical (unpaired) electrons. The van der Waals surface area contributed by atoms with Crippen LogP contribution in [0.3, 0.4) is 0 Å². The molecule has 2 saturated heterocycles. The van der Waals surface area contributed by atoms with E-state index in [-0.39, 0.29) is 0 Å². The summed E-state index contributed by atoms with van der Waals surface area (Å²) >= 11 is 0. The predicted octanol–water partition coefficient (Wildman–Crippen LogP) is 0.600. The van der Waals surface area contributed by atoms with Gasteiger partial charge in [-0.05, 0) is 31.7 Å². The molecule has 3 rings (SSSR count). The van der Waals surface area contributed by atoms with Crippen LogP contribution in [-0.4, -0.2) is 42.6 Å². The van der Waals surface area contributed by atoms with Gasteiger partial charge in [-0.3, -0.25) is 9.80 Å². The molecular weight excluding hydrogens is 136 g/mol. The molecule has 0 bridgehead atoms. The molecule has 2 nitrogen and oxygen atoms in total. The van der Waals surface area contributed by atoms with Crippen molar-refractivity contribution in [3.05, 3.63) is 0 Å². The Morgan fingerprint density at radius 3 is 3.18 bits per heavy atom. The maximum atomic E-state index is 2.68. The highest BCUT2D eigenvalue weighted by Gasteiger charge is 2.52. The fraction of sp³-hybridized carbons (Fsp3) is 1.00. The lowest BCUT2D eigenvalue weighted by atomic mass is 10.1. The predicted molar refractivity (Wildman–Crippen MR) is 44.2 cm³/mol. The largest absolute Gasteiger partial charge is 0.293 e. The Morgan fingerprint density at radius 1 is 1.36 bits per heavy atom. The molecule has 3 fully saturated rings. The van der Waals surface area contributed by atoms with E-state index in [2.05, 4.69) is 16.8 Å². The molecule has 0 aromatic rings. The first kappa shape index (κ1) is 6.44. The van der Waals surface area contributed by atoms with Gasteiger partial charge in [0.1, 0.15) is 0 Å². The number of hydrogen-bond donors (Lipinski definition) is 0. The van der Waals surface area contributed by atoms with E-state index in [0.29, 0.717) is 0 Å². The van der Waals surface area contributed by atoms with Crippen molar-refractivity contribution in [1.82, 2.24) is 9.80 Å². The summed E-state index contributed by atoms with van der Waals surface area (Å²) in [7, 11) is 2.24. The van der Waals surface area contributed by atoms with Gasteiger partial charge in [-0.15, -0.1) is 0 Å². The van der Waals surface area contributed by atoms with Gasteiger partial charge < -0.3 is 0 Å². The Morgan fingerprint density at radius 2 is 2.27 bits per heavy atom. The Labute approximate surface area is 68.2 Å². The minimum atomic E-state index is 0.983. The van der Waals surface area contributed by atoms with Crippen LogP contribution in [0.15, 0.2) is 0 Å². The van der Waals surface area contributed by atoms with Gasteiger partial charge in [0.2, 0.25) is 0 Å². The van der Waals surface area contributed by atoms with Crippen molar-refractivity contribution < 1.29 is 0 Å². The molecule has 0 aromatic carbocycles. The van der Waals surface area contributed by atoms with E-state index in [1.165, 1.54) is 26.2 Å². The normalized spacial score (nSPS) is 50.5. The maximum Gasteiger partial charge on any atom is 0.0506 e. The third-order valence-electron chi connectivity index (χ3n) is 3.64. The second kappa shape index (κ2) is 1.99. The van der Waals surface area contributed by atoms with Crippen LogP contribution in [0.1, 0.15) is 12.8 Å². The fourth-order valence-electron chi connectivity index (χ4n) is 2.95. The zero-order valence-electron chi connectivity index (χ0n) is 7.16. The number of nitrogens with zero attached hydrogens (tertiary/aromatic N) is 2. The van der Waals surface area contributed by atoms with Crippen LogP contribution in [0.2, 0.25) is 0 Å². The van der Waals surface area contributed by atoms with Gasteiger partial charge in [0.15, 0.2) is 0 Å². The number of piperidine rings is 1. The summed E-state index contributed by atoms with van der Waals surface area (Å²) in [6, 6.07) is 0.983. The van der Waals surface area contributed by atoms with E-state index in [4.69, 9.17) is 0 Å². The Balaban J connectivity index is 1.75.